The van der Waals surface area contributed by atoms with Gasteiger partial charge in [0.1, 0.15) is 22.9 Å². The highest BCUT2D eigenvalue weighted by atomic mass is 32.2. The molecule has 0 unspecified atom stereocenters. The largest absolute Gasteiger partial charge is 0.494 e. The molecule has 4 aromatic rings. The van der Waals surface area contributed by atoms with Gasteiger partial charge in [-0.15, -0.1) is 0 Å². The molecule has 4 N–H and O–H groups in total. The van der Waals surface area contributed by atoms with Crippen LogP contribution in [0.15, 0.2) is 42.5 Å². The number of hydrogen-bond donors (Lipinski definition) is 3. The Labute approximate surface area is 246 Å². The zero-order valence-corrected chi connectivity index (χ0v) is 24.0. The molecule has 226 valence electrons. The molecular formula is C29H29F3N6O4S. The van der Waals surface area contributed by atoms with Gasteiger partial charge in [0.05, 0.1) is 44.0 Å². The van der Waals surface area contributed by atoms with Crippen molar-refractivity contribution in [3.8, 4) is 28.3 Å². The van der Waals surface area contributed by atoms with Crippen molar-refractivity contribution in [2.24, 2.45) is 0 Å². The minimum atomic E-state index is -4.08. The molecule has 1 aliphatic heterocycles. The number of halogens is 3. The van der Waals surface area contributed by atoms with Crippen molar-refractivity contribution in [2.75, 3.05) is 61.2 Å². The lowest BCUT2D eigenvalue weighted by atomic mass is 10.00. The number of ether oxygens (including phenoxy) is 2. The van der Waals surface area contributed by atoms with Crippen LogP contribution in [0.2, 0.25) is 0 Å². The van der Waals surface area contributed by atoms with Gasteiger partial charge >= 0.3 is 0 Å². The number of morpholine rings is 1. The number of nitrogens with zero attached hydrogens (tertiary/aromatic N) is 3. The number of alkyl halides is 1. The van der Waals surface area contributed by atoms with Crippen LogP contribution in [0.5, 0.6) is 5.75 Å². The minimum absolute atomic E-state index is 0.0548. The number of rotatable bonds is 10. The molecule has 0 radical (unpaired) electrons. The summed E-state index contributed by atoms with van der Waals surface area (Å²) >= 11 is 0. The molecule has 0 bridgehead atoms. The average molecular weight is 615 g/mol. The average Bonchev–Trinajstić information content (AvgIpc) is 3.01. The van der Waals surface area contributed by atoms with Crippen molar-refractivity contribution in [3.63, 3.8) is 0 Å². The molecule has 0 aliphatic carbocycles. The summed E-state index contributed by atoms with van der Waals surface area (Å²) in [4.78, 5) is 11.5. The number of nitrogens with one attached hydrogen (secondary N) is 2. The van der Waals surface area contributed by atoms with E-state index in [-0.39, 0.29) is 23.6 Å². The Bertz CT molecular complexity index is 1800. The minimum Gasteiger partial charge on any atom is -0.494 e. The van der Waals surface area contributed by atoms with Gasteiger partial charge in [0.15, 0.2) is 11.6 Å². The molecule has 2 heterocycles. The SMILES string of the molecule is COc1cc(-c2c(F)ccc(NS(=O)(=O)CCCF)c2F)cc2c(N3CCOCC3)nc(-c3cccc(N)c3C=N)nc12. The highest BCUT2D eigenvalue weighted by Gasteiger charge is 2.25. The van der Waals surface area contributed by atoms with Crippen molar-refractivity contribution in [3.05, 3.63) is 59.7 Å². The highest BCUT2D eigenvalue weighted by Crippen LogP contribution is 2.40. The van der Waals surface area contributed by atoms with E-state index in [1.807, 2.05) is 4.90 Å². The molecule has 1 aliphatic rings. The number of nitrogens with two attached hydrogens (primary N) is 1. The maximum atomic E-state index is 15.8. The Morgan fingerprint density at radius 3 is 2.63 bits per heavy atom. The number of methoxy groups -OCH3 is 1. The smallest absolute Gasteiger partial charge is 0.232 e. The summed E-state index contributed by atoms with van der Waals surface area (Å²) < 4.78 is 81.5. The highest BCUT2D eigenvalue weighted by molar-refractivity contribution is 7.92. The summed E-state index contributed by atoms with van der Waals surface area (Å²) in [5, 5.41) is 8.32. The molecule has 0 saturated carbocycles. The first kappa shape index (κ1) is 30.0. The van der Waals surface area contributed by atoms with Crippen molar-refractivity contribution in [1.82, 2.24) is 9.97 Å². The molecule has 1 fully saturated rings. The molecule has 5 rings (SSSR count). The lowest BCUT2D eigenvalue weighted by Crippen LogP contribution is -2.37. The molecule has 0 amide bonds. The second-order valence-corrected chi connectivity index (χ2v) is 11.6. The van der Waals surface area contributed by atoms with E-state index >= 15 is 8.78 Å². The van der Waals surface area contributed by atoms with E-state index < -0.39 is 45.3 Å². The molecule has 14 heteroatoms. The number of benzene rings is 3. The van der Waals surface area contributed by atoms with Crippen LogP contribution >= 0.6 is 0 Å². The molecule has 10 nitrogen and oxygen atoms in total. The van der Waals surface area contributed by atoms with Crippen LogP contribution in [0.3, 0.4) is 0 Å². The van der Waals surface area contributed by atoms with Crippen molar-refractivity contribution >= 4 is 44.3 Å². The number of hydrogen-bond acceptors (Lipinski definition) is 9. The fraction of sp³-hybridized carbons (Fsp3) is 0.276. The van der Waals surface area contributed by atoms with Gasteiger partial charge in [-0.2, -0.15) is 0 Å². The molecular weight excluding hydrogens is 585 g/mol. The Hall–Kier alpha value is -4.43. The summed E-state index contributed by atoms with van der Waals surface area (Å²) in [6.07, 6.45) is 0.855. The number of aromatic nitrogens is 2. The monoisotopic (exact) mass is 614 g/mol. The third kappa shape index (κ3) is 6.06. The molecule has 43 heavy (non-hydrogen) atoms. The number of anilines is 3. The Balaban J connectivity index is 1.73. The number of fused-ring (bicyclic) bond motifs is 1. The lowest BCUT2D eigenvalue weighted by Gasteiger charge is -2.29. The van der Waals surface area contributed by atoms with E-state index in [4.69, 9.17) is 30.6 Å². The van der Waals surface area contributed by atoms with E-state index in [1.54, 1.807) is 18.2 Å². The Kier molecular flexibility index (Phi) is 8.69. The quantitative estimate of drug-likeness (QED) is 0.171. The zero-order valence-electron chi connectivity index (χ0n) is 23.2. The summed E-state index contributed by atoms with van der Waals surface area (Å²) in [6.45, 7) is 0.951. The summed E-state index contributed by atoms with van der Waals surface area (Å²) in [7, 11) is -2.69. The summed E-state index contributed by atoms with van der Waals surface area (Å²) in [5.74, 6) is -1.75. The predicted octanol–water partition coefficient (Wildman–Crippen LogP) is 4.77. The van der Waals surface area contributed by atoms with Crippen molar-refractivity contribution in [2.45, 2.75) is 6.42 Å². The topological polar surface area (TPSA) is 144 Å². The normalized spacial score (nSPS) is 13.7. The first-order valence-electron chi connectivity index (χ1n) is 13.3. The van der Waals surface area contributed by atoms with Crippen LogP contribution in [0.4, 0.5) is 30.4 Å². The zero-order chi connectivity index (χ0) is 30.7. The van der Waals surface area contributed by atoms with Gasteiger partial charge in [0.25, 0.3) is 0 Å². The van der Waals surface area contributed by atoms with Gasteiger partial charge in [-0.25, -0.2) is 27.2 Å². The Morgan fingerprint density at radius 2 is 1.93 bits per heavy atom. The van der Waals surface area contributed by atoms with Crippen LogP contribution in [0, 0.1) is 17.0 Å². The van der Waals surface area contributed by atoms with Crippen LogP contribution < -0.4 is 20.1 Å². The maximum absolute atomic E-state index is 15.8. The molecule has 1 saturated heterocycles. The van der Waals surface area contributed by atoms with Gasteiger partial charge in [-0.1, -0.05) is 12.1 Å². The van der Waals surface area contributed by atoms with Gasteiger partial charge in [-0.3, -0.25) is 9.11 Å². The fourth-order valence-electron chi connectivity index (χ4n) is 4.92. The molecule has 0 atom stereocenters. The van der Waals surface area contributed by atoms with E-state index in [9.17, 15) is 12.8 Å². The van der Waals surface area contributed by atoms with Crippen molar-refractivity contribution < 1.29 is 31.1 Å². The summed E-state index contributed by atoms with van der Waals surface area (Å²) in [5.41, 5.74) is 6.87. The second-order valence-electron chi connectivity index (χ2n) is 9.75. The maximum Gasteiger partial charge on any atom is 0.232 e. The predicted molar refractivity (Wildman–Crippen MR) is 160 cm³/mol. The third-order valence-electron chi connectivity index (χ3n) is 6.99. The molecule has 0 spiro atoms. The third-order valence-corrected chi connectivity index (χ3v) is 8.35. The van der Waals surface area contributed by atoms with Crippen LogP contribution in [-0.2, 0) is 14.8 Å². The number of sulfonamides is 1. The fourth-order valence-corrected chi connectivity index (χ4v) is 6.00. The van der Waals surface area contributed by atoms with Crippen molar-refractivity contribution in [1.29, 1.82) is 5.41 Å². The van der Waals surface area contributed by atoms with Crippen LogP contribution in [0.25, 0.3) is 33.4 Å². The van der Waals surface area contributed by atoms with Crippen LogP contribution in [-0.4, -0.2) is 70.4 Å². The van der Waals surface area contributed by atoms with Gasteiger partial charge in [0, 0.05) is 41.5 Å². The van der Waals surface area contributed by atoms with E-state index in [0.717, 1.165) is 18.3 Å². The van der Waals surface area contributed by atoms with E-state index in [1.165, 1.54) is 19.2 Å². The lowest BCUT2D eigenvalue weighted by molar-refractivity contribution is 0.122. The second kappa shape index (κ2) is 12.4. The van der Waals surface area contributed by atoms with Crippen LogP contribution in [0.1, 0.15) is 12.0 Å². The van der Waals surface area contributed by atoms with E-state index in [2.05, 4.69) is 4.72 Å². The molecule has 3 aromatic carbocycles. The van der Waals surface area contributed by atoms with Gasteiger partial charge in [-0.05, 0) is 42.3 Å². The number of nitrogen functional groups attached to an aromatic ring is 1. The standard InChI is InChI=1S/C29H29F3N6O4S/c1-41-24-15-17(25-21(31)6-7-23(26(25)32)37-43(39,40)13-3-8-30)14-19-27(24)35-28(18-4-2-5-22(34)20(18)16-33)36-29(19)38-9-11-42-12-10-38/h2,4-7,14-16,33,37H,3,8-13,34H2,1H3. The molecule has 1 aromatic heterocycles. The van der Waals surface area contributed by atoms with E-state index in [0.29, 0.717) is 59.8 Å². The first-order chi connectivity index (χ1) is 20.7. The summed E-state index contributed by atoms with van der Waals surface area (Å²) in [6, 6.07) is 9.98. The van der Waals surface area contributed by atoms with Gasteiger partial charge < -0.3 is 25.5 Å². The van der Waals surface area contributed by atoms with Gasteiger partial charge in [0.2, 0.25) is 10.0 Å². The first-order valence-corrected chi connectivity index (χ1v) is 15.0. The Morgan fingerprint density at radius 1 is 1.16 bits per heavy atom.